The number of rotatable bonds is 8. The average molecular weight is 291 g/mol. The molecule has 0 bridgehead atoms. The van der Waals surface area contributed by atoms with Crippen LogP contribution in [0.3, 0.4) is 0 Å². The van der Waals surface area contributed by atoms with Crippen LogP contribution in [0.4, 0.5) is 5.82 Å². The highest BCUT2D eigenvalue weighted by Gasteiger charge is 2.23. The minimum Gasteiger partial charge on any atom is -0.384 e. The molecule has 1 aromatic heterocycles. The molecule has 1 aromatic rings. The second-order valence-electron chi connectivity index (χ2n) is 5.91. The maximum atomic E-state index is 5.29. The van der Waals surface area contributed by atoms with Gasteiger partial charge in [0.25, 0.3) is 0 Å². The summed E-state index contributed by atoms with van der Waals surface area (Å²) >= 11 is 0. The van der Waals surface area contributed by atoms with Crippen molar-refractivity contribution in [1.29, 1.82) is 0 Å². The molecular formula is C17H29N3O. The Bertz CT molecular complexity index is 436. The van der Waals surface area contributed by atoms with E-state index in [4.69, 9.17) is 9.72 Å². The molecule has 2 rings (SSSR count). The molecule has 1 aliphatic heterocycles. The standard InChI is InChI=1S/C17H29N3O/c1-4-6-16-9-15(11-18-5-2)10-17(19-16)20-8-7-14(12-20)13-21-3/h9-10,14,18H,4-8,11-13H2,1-3H3. The monoisotopic (exact) mass is 291 g/mol. The normalized spacial score (nSPS) is 18.4. The molecule has 4 nitrogen and oxygen atoms in total. The Labute approximate surface area is 128 Å². The van der Waals surface area contributed by atoms with Crippen LogP contribution in [0.1, 0.15) is 37.9 Å². The van der Waals surface area contributed by atoms with Gasteiger partial charge in [-0.3, -0.25) is 0 Å². The smallest absolute Gasteiger partial charge is 0.129 e. The summed E-state index contributed by atoms with van der Waals surface area (Å²) in [5.74, 6) is 1.79. The molecule has 21 heavy (non-hydrogen) atoms. The zero-order valence-corrected chi connectivity index (χ0v) is 13.7. The number of hydrogen-bond acceptors (Lipinski definition) is 4. The van der Waals surface area contributed by atoms with Gasteiger partial charge in [0.15, 0.2) is 0 Å². The third-order valence-electron chi connectivity index (χ3n) is 4.02. The van der Waals surface area contributed by atoms with E-state index in [1.165, 1.54) is 17.7 Å². The number of aromatic nitrogens is 1. The molecule has 1 atom stereocenters. The van der Waals surface area contributed by atoms with Crippen molar-refractivity contribution in [2.75, 3.05) is 38.3 Å². The van der Waals surface area contributed by atoms with Gasteiger partial charge < -0.3 is 15.0 Å². The van der Waals surface area contributed by atoms with Gasteiger partial charge in [-0.05, 0) is 37.1 Å². The van der Waals surface area contributed by atoms with Gasteiger partial charge in [0.05, 0.1) is 6.61 Å². The van der Waals surface area contributed by atoms with Gasteiger partial charge in [-0.15, -0.1) is 0 Å². The fraction of sp³-hybridized carbons (Fsp3) is 0.706. The summed E-state index contributed by atoms with van der Waals surface area (Å²) < 4.78 is 5.29. The van der Waals surface area contributed by atoms with Crippen LogP contribution < -0.4 is 10.2 Å². The van der Waals surface area contributed by atoms with Crippen LogP contribution in [0, 0.1) is 5.92 Å². The molecule has 1 fully saturated rings. The molecule has 0 amide bonds. The van der Waals surface area contributed by atoms with Gasteiger partial charge in [-0.25, -0.2) is 4.98 Å². The lowest BCUT2D eigenvalue weighted by Gasteiger charge is -2.19. The number of pyridine rings is 1. The van der Waals surface area contributed by atoms with Gasteiger partial charge in [0.1, 0.15) is 5.82 Å². The van der Waals surface area contributed by atoms with Gasteiger partial charge in [0, 0.05) is 38.4 Å². The first-order chi connectivity index (χ1) is 10.3. The van der Waals surface area contributed by atoms with Gasteiger partial charge >= 0.3 is 0 Å². The number of nitrogens with one attached hydrogen (secondary N) is 1. The Morgan fingerprint density at radius 2 is 2.24 bits per heavy atom. The molecule has 1 saturated heterocycles. The lowest BCUT2D eigenvalue weighted by Crippen LogP contribution is -2.23. The maximum Gasteiger partial charge on any atom is 0.129 e. The van der Waals surface area contributed by atoms with E-state index in [0.717, 1.165) is 51.4 Å². The molecule has 1 unspecified atom stereocenters. The second kappa shape index (κ2) is 8.35. The van der Waals surface area contributed by atoms with E-state index in [1.54, 1.807) is 7.11 Å². The van der Waals surface area contributed by atoms with E-state index in [-0.39, 0.29) is 0 Å². The van der Waals surface area contributed by atoms with Crippen LogP contribution >= 0.6 is 0 Å². The molecule has 0 aromatic carbocycles. The van der Waals surface area contributed by atoms with Crippen LogP contribution in [-0.4, -0.2) is 38.3 Å². The summed E-state index contributed by atoms with van der Waals surface area (Å²) in [5.41, 5.74) is 2.57. The molecule has 0 spiro atoms. The summed E-state index contributed by atoms with van der Waals surface area (Å²) in [7, 11) is 1.79. The molecule has 0 saturated carbocycles. The topological polar surface area (TPSA) is 37.4 Å². The molecule has 0 aliphatic carbocycles. The van der Waals surface area contributed by atoms with Crippen molar-refractivity contribution in [2.45, 2.75) is 39.7 Å². The Hall–Kier alpha value is -1.13. The van der Waals surface area contributed by atoms with Crippen molar-refractivity contribution >= 4 is 5.82 Å². The fourth-order valence-electron chi connectivity index (χ4n) is 2.96. The molecule has 1 aliphatic rings. The summed E-state index contributed by atoms with van der Waals surface area (Å²) in [6.07, 6.45) is 3.40. The van der Waals surface area contributed by atoms with Crippen LogP contribution in [0.25, 0.3) is 0 Å². The van der Waals surface area contributed by atoms with Crippen LogP contribution in [0.5, 0.6) is 0 Å². The minimum atomic E-state index is 0.642. The first kappa shape index (κ1) is 16.2. The Balaban J connectivity index is 2.11. The molecule has 1 N–H and O–H groups in total. The van der Waals surface area contributed by atoms with Crippen molar-refractivity contribution in [3.8, 4) is 0 Å². The molecule has 2 heterocycles. The SMILES string of the molecule is CCCc1cc(CNCC)cc(N2CCC(COC)C2)n1. The van der Waals surface area contributed by atoms with Crippen LogP contribution in [-0.2, 0) is 17.7 Å². The number of anilines is 1. The minimum absolute atomic E-state index is 0.642. The van der Waals surface area contributed by atoms with Gasteiger partial charge in [0.2, 0.25) is 0 Å². The zero-order valence-electron chi connectivity index (χ0n) is 13.7. The number of ether oxygens (including phenoxy) is 1. The van der Waals surface area contributed by atoms with Gasteiger partial charge in [-0.2, -0.15) is 0 Å². The first-order valence-corrected chi connectivity index (χ1v) is 8.21. The predicted molar refractivity (Wildman–Crippen MR) is 87.8 cm³/mol. The highest BCUT2D eigenvalue weighted by Crippen LogP contribution is 2.24. The third-order valence-corrected chi connectivity index (χ3v) is 4.02. The fourth-order valence-corrected chi connectivity index (χ4v) is 2.96. The van der Waals surface area contributed by atoms with Gasteiger partial charge in [-0.1, -0.05) is 20.3 Å². The third kappa shape index (κ3) is 4.68. The summed E-state index contributed by atoms with van der Waals surface area (Å²) in [5, 5.41) is 3.41. The van der Waals surface area contributed by atoms with E-state index < -0.39 is 0 Å². The molecule has 0 radical (unpaired) electrons. The maximum absolute atomic E-state index is 5.29. The molecular weight excluding hydrogens is 262 g/mol. The van der Waals surface area contributed by atoms with Crippen LogP contribution in [0.2, 0.25) is 0 Å². The molecule has 118 valence electrons. The second-order valence-corrected chi connectivity index (χ2v) is 5.91. The Morgan fingerprint density at radius 3 is 2.95 bits per heavy atom. The summed E-state index contributed by atoms with van der Waals surface area (Å²) in [4.78, 5) is 7.28. The summed E-state index contributed by atoms with van der Waals surface area (Å²) in [6.45, 7) is 9.30. The zero-order chi connectivity index (χ0) is 15.1. The van der Waals surface area contributed by atoms with Crippen molar-refractivity contribution in [3.63, 3.8) is 0 Å². The quantitative estimate of drug-likeness (QED) is 0.799. The Morgan fingerprint density at radius 1 is 1.38 bits per heavy atom. The average Bonchev–Trinajstić information content (AvgIpc) is 2.94. The lowest BCUT2D eigenvalue weighted by molar-refractivity contribution is 0.161. The number of methoxy groups -OCH3 is 1. The summed E-state index contributed by atoms with van der Waals surface area (Å²) in [6, 6.07) is 4.50. The van der Waals surface area contributed by atoms with Crippen LogP contribution in [0.15, 0.2) is 12.1 Å². The number of hydrogen-bond donors (Lipinski definition) is 1. The van der Waals surface area contributed by atoms with E-state index in [0.29, 0.717) is 5.92 Å². The van der Waals surface area contributed by atoms with E-state index in [1.807, 2.05) is 0 Å². The lowest BCUT2D eigenvalue weighted by atomic mass is 10.1. The molecule has 4 heteroatoms. The van der Waals surface area contributed by atoms with Crippen molar-refractivity contribution < 1.29 is 4.74 Å². The number of nitrogens with zero attached hydrogens (tertiary/aromatic N) is 2. The van der Waals surface area contributed by atoms with E-state index in [9.17, 15) is 0 Å². The largest absolute Gasteiger partial charge is 0.384 e. The number of aryl methyl sites for hydroxylation is 1. The highest BCUT2D eigenvalue weighted by molar-refractivity contribution is 5.44. The predicted octanol–water partition coefficient (Wildman–Crippen LogP) is 2.62. The Kier molecular flexibility index (Phi) is 6.46. The highest BCUT2D eigenvalue weighted by atomic mass is 16.5. The van der Waals surface area contributed by atoms with Crippen molar-refractivity contribution in [3.05, 3.63) is 23.4 Å². The first-order valence-electron chi connectivity index (χ1n) is 8.21. The van der Waals surface area contributed by atoms with Crippen molar-refractivity contribution in [2.24, 2.45) is 5.92 Å². The van der Waals surface area contributed by atoms with Crippen molar-refractivity contribution in [1.82, 2.24) is 10.3 Å². The van der Waals surface area contributed by atoms with E-state index in [2.05, 4.69) is 36.2 Å². The van der Waals surface area contributed by atoms with E-state index >= 15 is 0 Å².